The van der Waals surface area contributed by atoms with Gasteiger partial charge in [-0.15, -0.1) is 0 Å². The van der Waals surface area contributed by atoms with Gasteiger partial charge in [0, 0.05) is 19.1 Å². The Bertz CT molecular complexity index is 204. The van der Waals surface area contributed by atoms with Crippen LogP contribution in [0.15, 0.2) is 0 Å². The summed E-state index contributed by atoms with van der Waals surface area (Å²) in [6.07, 6.45) is 0.982. The number of hydrogen-bond acceptors (Lipinski definition) is 3. The summed E-state index contributed by atoms with van der Waals surface area (Å²) in [7, 11) is 0. The van der Waals surface area contributed by atoms with Gasteiger partial charge in [-0.3, -0.25) is 4.79 Å². The molecule has 1 aliphatic heterocycles. The summed E-state index contributed by atoms with van der Waals surface area (Å²) >= 11 is 0. The van der Waals surface area contributed by atoms with Crippen molar-refractivity contribution in [3.63, 3.8) is 0 Å². The summed E-state index contributed by atoms with van der Waals surface area (Å²) in [5.41, 5.74) is 5.07. The van der Waals surface area contributed by atoms with Crippen LogP contribution >= 0.6 is 0 Å². The van der Waals surface area contributed by atoms with Crippen molar-refractivity contribution in [2.24, 2.45) is 11.1 Å². The maximum absolute atomic E-state index is 10.8. The molecule has 0 radical (unpaired) electrons. The first-order chi connectivity index (χ1) is 5.92. The Morgan fingerprint density at radius 2 is 2.31 bits per heavy atom. The van der Waals surface area contributed by atoms with Crippen molar-refractivity contribution in [3.8, 4) is 0 Å². The van der Waals surface area contributed by atoms with Crippen LogP contribution in [0.4, 0.5) is 0 Å². The van der Waals surface area contributed by atoms with Crippen molar-refractivity contribution < 1.29 is 9.90 Å². The van der Waals surface area contributed by atoms with Gasteiger partial charge in [-0.05, 0) is 26.8 Å². The smallest absolute Gasteiger partial charge is 0.310 e. The van der Waals surface area contributed by atoms with E-state index in [0.29, 0.717) is 6.54 Å². The van der Waals surface area contributed by atoms with Gasteiger partial charge in [0.05, 0.1) is 5.41 Å². The molecule has 13 heavy (non-hydrogen) atoms. The van der Waals surface area contributed by atoms with Crippen LogP contribution in [-0.2, 0) is 4.79 Å². The zero-order chi connectivity index (χ0) is 10.1. The van der Waals surface area contributed by atoms with Gasteiger partial charge in [-0.1, -0.05) is 0 Å². The molecule has 1 unspecified atom stereocenters. The zero-order valence-electron chi connectivity index (χ0n) is 8.29. The molecule has 0 aromatic heterocycles. The fourth-order valence-corrected chi connectivity index (χ4v) is 1.63. The Kier molecular flexibility index (Phi) is 2.93. The number of carboxylic acid groups (broad SMARTS) is 1. The van der Waals surface area contributed by atoms with E-state index in [-0.39, 0.29) is 6.04 Å². The molecule has 0 bridgehead atoms. The molecule has 4 nitrogen and oxygen atoms in total. The van der Waals surface area contributed by atoms with Crippen molar-refractivity contribution in [1.82, 2.24) is 4.90 Å². The van der Waals surface area contributed by atoms with Gasteiger partial charge in [-0.2, -0.15) is 0 Å². The highest BCUT2D eigenvalue weighted by molar-refractivity contribution is 5.73. The SMILES string of the molecule is CC(C)(CN1CCC(N)C1)C(=O)O. The lowest BCUT2D eigenvalue weighted by Crippen LogP contribution is -2.39. The predicted octanol–water partition coefficient (Wildman–Crippen LogP) is 0.130. The number of rotatable bonds is 3. The third kappa shape index (κ3) is 2.67. The molecule has 1 aliphatic rings. The Balaban J connectivity index is 2.44. The molecule has 0 amide bonds. The molecule has 0 spiro atoms. The van der Waals surface area contributed by atoms with Crippen molar-refractivity contribution in [1.29, 1.82) is 0 Å². The maximum atomic E-state index is 10.8. The fourth-order valence-electron chi connectivity index (χ4n) is 1.63. The zero-order valence-corrected chi connectivity index (χ0v) is 8.29. The van der Waals surface area contributed by atoms with Gasteiger partial charge in [0.25, 0.3) is 0 Å². The highest BCUT2D eigenvalue weighted by atomic mass is 16.4. The molecule has 3 N–H and O–H groups in total. The maximum Gasteiger partial charge on any atom is 0.310 e. The van der Waals surface area contributed by atoms with Crippen LogP contribution in [0.2, 0.25) is 0 Å². The molecular formula is C9H18N2O2. The van der Waals surface area contributed by atoms with E-state index in [1.165, 1.54) is 0 Å². The van der Waals surface area contributed by atoms with Gasteiger partial charge < -0.3 is 15.7 Å². The lowest BCUT2D eigenvalue weighted by molar-refractivity contribution is -0.147. The Labute approximate surface area is 78.7 Å². The van der Waals surface area contributed by atoms with Crippen LogP contribution in [0.1, 0.15) is 20.3 Å². The highest BCUT2D eigenvalue weighted by Gasteiger charge is 2.32. The summed E-state index contributed by atoms with van der Waals surface area (Å²) in [4.78, 5) is 13.0. The fraction of sp³-hybridized carbons (Fsp3) is 0.889. The minimum absolute atomic E-state index is 0.226. The number of aliphatic carboxylic acids is 1. The first kappa shape index (κ1) is 10.5. The molecular weight excluding hydrogens is 168 g/mol. The monoisotopic (exact) mass is 186 g/mol. The third-order valence-electron chi connectivity index (χ3n) is 2.51. The second-order valence-electron chi connectivity index (χ2n) is 4.47. The summed E-state index contributed by atoms with van der Waals surface area (Å²) < 4.78 is 0. The van der Waals surface area contributed by atoms with Crippen LogP contribution in [0.5, 0.6) is 0 Å². The topological polar surface area (TPSA) is 66.6 Å². The first-order valence-electron chi connectivity index (χ1n) is 4.63. The van der Waals surface area contributed by atoms with Crippen LogP contribution in [-0.4, -0.2) is 41.7 Å². The minimum Gasteiger partial charge on any atom is -0.481 e. The average molecular weight is 186 g/mol. The molecule has 0 aromatic carbocycles. The van der Waals surface area contributed by atoms with Gasteiger partial charge >= 0.3 is 5.97 Å². The van der Waals surface area contributed by atoms with Crippen molar-refractivity contribution in [2.45, 2.75) is 26.3 Å². The molecule has 1 saturated heterocycles. The van der Waals surface area contributed by atoms with E-state index in [0.717, 1.165) is 19.5 Å². The Morgan fingerprint density at radius 3 is 2.69 bits per heavy atom. The summed E-state index contributed by atoms with van der Waals surface area (Å²) in [6, 6.07) is 0.226. The van der Waals surface area contributed by atoms with Crippen molar-refractivity contribution >= 4 is 5.97 Å². The lowest BCUT2D eigenvalue weighted by Gasteiger charge is -2.25. The average Bonchev–Trinajstić information content (AvgIpc) is 2.34. The standard InChI is InChI=1S/C9H18N2O2/c1-9(2,8(12)13)6-11-4-3-7(10)5-11/h7H,3-6,10H2,1-2H3,(H,12,13). The largest absolute Gasteiger partial charge is 0.481 e. The van der Waals surface area contributed by atoms with E-state index in [2.05, 4.69) is 4.90 Å². The second-order valence-corrected chi connectivity index (χ2v) is 4.47. The van der Waals surface area contributed by atoms with Gasteiger partial charge in [0.1, 0.15) is 0 Å². The van der Waals surface area contributed by atoms with Gasteiger partial charge in [0.2, 0.25) is 0 Å². The normalized spacial score (nSPS) is 25.0. The third-order valence-corrected chi connectivity index (χ3v) is 2.51. The van der Waals surface area contributed by atoms with E-state index < -0.39 is 11.4 Å². The van der Waals surface area contributed by atoms with Crippen LogP contribution in [0, 0.1) is 5.41 Å². The molecule has 76 valence electrons. The number of carbonyl (C=O) groups is 1. The lowest BCUT2D eigenvalue weighted by atomic mass is 9.93. The summed E-state index contributed by atoms with van der Waals surface area (Å²) in [5.74, 6) is -0.743. The van der Waals surface area contributed by atoms with E-state index in [4.69, 9.17) is 10.8 Å². The van der Waals surface area contributed by atoms with Crippen molar-refractivity contribution in [2.75, 3.05) is 19.6 Å². The molecule has 0 saturated carbocycles. The minimum atomic E-state index is -0.743. The summed E-state index contributed by atoms with van der Waals surface area (Å²) in [6.45, 7) is 5.85. The number of likely N-dealkylation sites (tertiary alicyclic amines) is 1. The molecule has 0 aliphatic carbocycles. The van der Waals surface area contributed by atoms with Gasteiger partial charge in [0.15, 0.2) is 0 Å². The van der Waals surface area contributed by atoms with E-state index >= 15 is 0 Å². The van der Waals surface area contributed by atoms with Crippen LogP contribution in [0.25, 0.3) is 0 Å². The number of hydrogen-bond donors (Lipinski definition) is 2. The second kappa shape index (κ2) is 3.64. The number of nitrogens with zero attached hydrogens (tertiary/aromatic N) is 1. The quantitative estimate of drug-likeness (QED) is 0.657. The predicted molar refractivity (Wildman–Crippen MR) is 50.4 cm³/mol. The molecule has 1 fully saturated rings. The van der Waals surface area contributed by atoms with Crippen LogP contribution < -0.4 is 5.73 Å². The molecule has 0 aromatic rings. The van der Waals surface area contributed by atoms with E-state index in [9.17, 15) is 4.79 Å². The molecule has 1 atom stereocenters. The van der Waals surface area contributed by atoms with Gasteiger partial charge in [-0.25, -0.2) is 0 Å². The first-order valence-corrected chi connectivity index (χ1v) is 4.63. The Hall–Kier alpha value is -0.610. The molecule has 4 heteroatoms. The van der Waals surface area contributed by atoms with Crippen LogP contribution in [0.3, 0.4) is 0 Å². The van der Waals surface area contributed by atoms with E-state index in [1.807, 2.05) is 0 Å². The highest BCUT2D eigenvalue weighted by Crippen LogP contribution is 2.19. The van der Waals surface area contributed by atoms with E-state index in [1.54, 1.807) is 13.8 Å². The molecule has 1 rings (SSSR count). The Morgan fingerprint density at radius 1 is 1.69 bits per heavy atom. The molecule has 1 heterocycles. The number of carboxylic acids is 1. The number of nitrogens with two attached hydrogens (primary N) is 1. The van der Waals surface area contributed by atoms with Crippen molar-refractivity contribution in [3.05, 3.63) is 0 Å². The summed E-state index contributed by atoms with van der Waals surface area (Å²) in [5, 5.41) is 8.91.